The van der Waals surface area contributed by atoms with E-state index in [1.165, 1.54) is 6.92 Å². The number of nitrogens with zero attached hydrogens (tertiary/aromatic N) is 2. The van der Waals surface area contributed by atoms with E-state index in [0.29, 0.717) is 4.90 Å². The van der Waals surface area contributed by atoms with Crippen LogP contribution in [-0.2, 0) is 19.1 Å². The van der Waals surface area contributed by atoms with Crippen molar-refractivity contribution < 1.29 is 33.0 Å². The molecule has 1 rings (SSSR count). The standard InChI is InChI=1S/C15H23FN2O6/c1-7-23-12(20)10(16)18-11(19)9(8(2)3)17(13(18)21)14(22)24-15(4,5)6/h8-10H,7H2,1-6H3. The molecule has 2 atom stereocenters. The fraction of sp³-hybridized carbons (Fsp3) is 0.733. The van der Waals surface area contributed by atoms with Crippen molar-refractivity contribution in [2.45, 2.75) is 59.5 Å². The Morgan fingerprint density at radius 1 is 1.25 bits per heavy atom. The third-order valence-electron chi connectivity index (χ3n) is 3.11. The molecule has 2 unspecified atom stereocenters. The summed E-state index contributed by atoms with van der Waals surface area (Å²) < 4.78 is 23.8. The SMILES string of the molecule is CCOC(=O)C(F)N1C(=O)C(C(C)C)N(C(=O)OC(C)(C)C)C1=O. The molecule has 0 spiro atoms. The van der Waals surface area contributed by atoms with Crippen LogP contribution in [0.15, 0.2) is 0 Å². The lowest BCUT2D eigenvalue weighted by molar-refractivity contribution is -0.158. The Morgan fingerprint density at radius 2 is 1.79 bits per heavy atom. The number of ether oxygens (including phenoxy) is 2. The number of imide groups is 2. The van der Waals surface area contributed by atoms with Gasteiger partial charge in [-0.15, -0.1) is 0 Å². The number of carbonyl (C=O) groups is 4. The first kappa shape index (κ1) is 19.9. The minimum absolute atomic E-state index is 0.104. The number of esters is 1. The first-order chi connectivity index (χ1) is 10.9. The van der Waals surface area contributed by atoms with E-state index in [2.05, 4.69) is 4.74 Å². The first-order valence-corrected chi connectivity index (χ1v) is 7.62. The largest absolute Gasteiger partial charge is 0.462 e. The zero-order valence-corrected chi connectivity index (χ0v) is 14.7. The highest BCUT2D eigenvalue weighted by molar-refractivity contribution is 6.12. The average molecular weight is 346 g/mol. The van der Waals surface area contributed by atoms with Gasteiger partial charge in [0.1, 0.15) is 11.6 Å². The molecule has 0 aromatic heterocycles. The van der Waals surface area contributed by atoms with Crippen LogP contribution in [0, 0.1) is 5.92 Å². The second kappa shape index (κ2) is 7.14. The second-order valence-electron chi connectivity index (χ2n) is 6.62. The van der Waals surface area contributed by atoms with Crippen molar-refractivity contribution in [3.8, 4) is 0 Å². The van der Waals surface area contributed by atoms with Gasteiger partial charge in [0.25, 0.3) is 12.2 Å². The fourth-order valence-corrected chi connectivity index (χ4v) is 2.19. The van der Waals surface area contributed by atoms with E-state index in [9.17, 15) is 23.6 Å². The number of urea groups is 1. The van der Waals surface area contributed by atoms with Crippen LogP contribution in [0.3, 0.4) is 0 Å². The first-order valence-electron chi connectivity index (χ1n) is 7.62. The van der Waals surface area contributed by atoms with E-state index in [-0.39, 0.29) is 11.5 Å². The van der Waals surface area contributed by atoms with Gasteiger partial charge in [-0.1, -0.05) is 13.8 Å². The van der Waals surface area contributed by atoms with Gasteiger partial charge in [0, 0.05) is 0 Å². The zero-order valence-electron chi connectivity index (χ0n) is 14.7. The molecule has 9 heteroatoms. The third-order valence-corrected chi connectivity index (χ3v) is 3.11. The minimum atomic E-state index is -2.61. The van der Waals surface area contributed by atoms with Crippen molar-refractivity contribution in [3.05, 3.63) is 0 Å². The van der Waals surface area contributed by atoms with Crippen molar-refractivity contribution in [3.63, 3.8) is 0 Å². The molecule has 136 valence electrons. The Hall–Kier alpha value is -2.19. The molecule has 8 nitrogen and oxygen atoms in total. The minimum Gasteiger partial charge on any atom is -0.462 e. The Morgan fingerprint density at radius 3 is 2.21 bits per heavy atom. The van der Waals surface area contributed by atoms with E-state index in [4.69, 9.17) is 4.74 Å². The van der Waals surface area contributed by atoms with Crippen molar-refractivity contribution in [1.29, 1.82) is 0 Å². The number of amides is 4. The predicted molar refractivity (Wildman–Crippen MR) is 80.5 cm³/mol. The van der Waals surface area contributed by atoms with Gasteiger partial charge in [-0.05, 0) is 33.6 Å². The topological polar surface area (TPSA) is 93.2 Å². The van der Waals surface area contributed by atoms with E-state index < -0.39 is 47.9 Å². The van der Waals surface area contributed by atoms with E-state index in [1.54, 1.807) is 34.6 Å². The second-order valence-corrected chi connectivity index (χ2v) is 6.62. The lowest BCUT2D eigenvalue weighted by Crippen LogP contribution is -2.46. The summed E-state index contributed by atoms with van der Waals surface area (Å²) in [5, 5.41) is 0. The monoisotopic (exact) mass is 346 g/mol. The van der Waals surface area contributed by atoms with Crippen molar-refractivity contribution >= 4 is 24.0 Å². The summed E-state index contributed by atoms with van der Waals surface area (Å²) >= 11 is 0. The Balaban J connectivity index is 3.16. The molecule has 1 aliphatic heterocycles. The molecule has 1 heterocycles. The molecule has 1 saturated heterocycles. The molecule has 0 aliphatic carbocycles. The molecule has 0 radical (unpaired) electrons. The van der Waals surface area contributed by atoms with Gasteiger partial charge in [-0.25, -0.2) is 28.6 Å². The van der Waals surface area contributed by atoms with E-state index in [0.717, 1.165) is 0 Å². The maximum atomic E-state index is 14.2. The molecule has 0 N–H and O–H groups in total. The van der Waals surface area contributed by atoms with Crippen LogP contribution < -0.4 is 0 Å². The highest BCUT2D eigenvalue weighted by atomic mass is 19.1. The Bertz CT molecular complexity index is 543. The molecule has 1 aliphatic rings. The summed E-state index contributed by atoms with van der Waals surface area (Å²) in [6.45, 7) is 9.30. The van der Waals surface area contributed by atoms with Gasteiger partial charge in [0.2, 0.25) is 0 Å². The molecule has 0 aromatic carbocycles. The number of rotatable bonds is 4. The lowest BCUT2D eigenvalue weighted by Gasteiger charge is -2.26. The Kier molecular flexibility index (Phi) is 5.91. The van der Waals surface area contributed by atoms with Crippen LogP contribution in [0.25, 0.3) is 0 Å². The van der Waals surface area contributed by atoms with Gasteiger partial charge in [0.15, 0.2) is 0 Å². The Labute approximate surface area is 139 Å². The summed E-state index contributed by atoms with van der Waals surface area (Å²) in [7, 11) is 0. The van der Waals surface area contributed by atoms with Crippen molar-refractivity contribution in [2.24, 2.45) is 5.92 Å². The maximum Gasteiger partial charge on any atom is 0.419 e. The van der Waals surface area contributed by atoms with Gasteiger partial charge in [-0.3, -0.25) is 4.79 Å². The number of halogens is 1. The maximum absolute atomic E-state index is 14.2. The molecular formula is C15H23FN2O6. The van der Waals surface area contributed by atoms with Gasteiger partial charge in [0.05, 0.1) is 6.61 Å². The molecule has 0 saturated carbocycles. The molecule has 24 heavy (non-hydrogen) atoms. The average Bonchev–Trinajstić information content (AvgIpc) is 2.67. The highest BCUT2D eigenvalue weighted by Crippen LogP contribution is 2.28. The third kappa shape index (κ3) is 4.01. The molecular weight excluding hydrogens is 323 g/mol. The number of hydrogen-bond donors (Lipinski definition) is 0. The molecule has 4 amide bonds. The van der Waals surface area contributed by atoms with Crippen LogP contribution in [0.1, 0.15) is 41.5 Å². The van der Waals surface area contributed by atoms with Crippen molar-refractivity contribution in [2.75, 3.05) is 6.61 Å². The molecule has 0 aromatic rings. The normalized spacial score (nSPS) is 19.8. The van der Waals surface area contributed by atoms with Crippen LogP contribution in [-0.4, -0.2) is 58.3 Å². The fourth-order valence-electron chi connectivity index (χ4n) is 2.19. The van der Waals surface area contributed by atoms with Crippen LogP contribution >= 0.6 is 0 Å². The number of hydrogen-bond acceptors (Lipinski definition) is 6. The van der Waals surface area contributed by atoms with Crippen molar-refractivity contribution in [1.82, 2.24) is 9.80 Å². The molecule has 0 bridgehead atoms. The lowest BCUT2D eigenvalue weighted by atomic mass is 10.0. The van der Waals surface area contributed by atoms with Gasteiger partial charge >= 0.3 is 18.1 Å². The van der Waals surface area contributed by atoms with E-state index in [1.807, 2.05) is 0 Å². The van der Waals surface area contributed by atoms with Gasteiger partial charge in [-0.2, -0.15) is 0 Å². The molecule has 1 fully saturated rings. The predicted octanol–water partition coefficient (Wildman–Crippen LogP) is 2.07. The number of alkyl halides is 1. The van der Waals surface area contributed by atoms with Crippen LogP contribution in [0.5, 0.6) is 0 Å². The summed E-state index contributed by atoms with van der Waals surface area (Å²) in [6.07, 6.45) is -3.68. The van der Waals surface area contributed by atoms with Gasteiger partial charge < -0.3 is 9.47 Å². The zero-order chi connectivity index (χ0) is 18.8. The quantitative estimate of drug-likeness (QED) is 0.439. The van der Waals surface area contributed by atoms with E-state index >= 15 is 0 Å². The summed E-state index contributed by atoms with van der Waals surface area (Å²) in [6, 6.07) is -2.49. The smallest absolute Gasteiger partial charge is 0.419 e. The highest BCUT2D eigenvalue weighted by Gasteiger charge is 2.55. The number of carbonyl (C=O) groups excluding carboxylic acids is 4. The summed E-state index contributed by atoms with van der Waals surface area (Å²) in [4.78, 5) is 49.2. The van der Waals surface area contributed by atoms with Crippen LogP contribution in [0.4, 0.5) is 14.0 Å². The summed E-state index contributed by atoms with van der Waals surface area (Å²) in [5.74, 6) is -2.84. The summed E-state index contributed by atoms with van der Waals surface area (Å²) in [5.41, 5.74) is -0.911. The van der Waals surface area contributed by atoms with Crippen LogP contribution in [0.2, 0.25) is 0 Å².